The summed E-state index contributed by atoms with van der Waals surface area (Å²) in [7, 11) is 3.25. The normalized spacial score (nSPS) is 25.8. The Morgan fingerprint density at radius 3 is 2.59 bits per heavy atom. The van der Waals surface area contributed by atoms with Crippen LogP contribution in [0.5, 0.6) is 0 Å². The van der Waals surface area contributed by atoms with Crippen molar-refractivity contribution in [3.05, 3.63) is 11.5 Å². The van der Waals surface area contributed by atoms with Crippen molar-refractivity contribution >= 4 is 5.96 Å². The zero-order valence-electron chi connectivity index (χ0n) is 13.3. The second-order valence-corrected chi connectivity index (χ2v) is 5.91. The molecule has 0 fully saturated rings. The van der Waals surface area contributed by atoms with Gasteiger partial charge < -0.3 is 40.9 Å². The number of rotatable bonds is 5. The van der Waals surface area contributed by atoms with Gasteiger partial charge in [0.2, 0.25) is 0 Å². The van der Waals surface area contributed by atoms with E-state index in [4.69, 9.17) is 10.5 Å². The van der Waals surface area contributed by atoms with Gasteiger partial charge in [-0.3, -0.25) is 0 Å². The van der Waals surface area contributed by atoms with Gasteiger partial charge in [0.1, 0.15) is 11.8 Å². The molecule has 0 spiro atoms. The first kappa shape index (κ1) is 16.8. The van der Waals surface area contributed by atoms with Crippen LogP contribution >= 0.6 is 0 Å². The minimum Gasteiger partial charge on any atom is -0.386 e. The second kappa shape index (κ2) is 6.29. The Hall–Kier alpha value is -1.55. The lowest BCUT2D eigenvalue weighted by atomic mass is 10.00. The van der Waals surface area contributed by atoms with E-state index in [9.17, 15) is 15.3 Å². The lowest BCUT2D eigenvalue weighted by Gasteiger charge is -2.34. The average Bonchev–Trinajstić information content (AvgIpc) is 2.75. The summed E-state index contributed by atoms with van der Waals surface area (Å²) in [5.41, 5.74) is 6.13. The molecule has 0 saturated heterocycles. The quantitative estimate of drug-likeness (QED) is 0.392. The monoisotopic (exact) mass is 315 g/mol. The maximum absolute atomic E-state index is 10.5. The molecule has 0 aromatic heterocycles. The van der Waals surface area contributed by atoms with E-state index in [2.05, 4.69) is 10.3 Å². The summed E-state index contributed by atoms with van der Waals surface area (Å²) < 4.78 is 5.27. The lowest BCUT2D eigenvalue weighted by Crippen LogP contribution is -2.50. The number of aliphatic hydroxyl groups excluding tert-OH is 3. The number of nitrogens with zero attached hydrogens (tertiary/aromatic N) is 3. The van der Waals surface area contributed by atoms with Crippen molar-refractivity contribution in [2.24, 2.45) is 16.6 Å². The van der Waals surface area contributed by atoms with Crippen LogP contribution in [0.4, 0.5) is 0 Å². The van der Waals surface area contributed by atoms with Gasteiger partial charge >= 0.3 is 0 Å². The number of likely N-dealkylation sites (N-methyl/N-ethyl adjacent to an activating group) is 1. The second-order valence-electron chi connectivity index (χ2n) is 5.91. The summed E-state index contributed by atoms with van der Waals surface area (Å²) >= 11 is 0. The Labute approximate surface area is 129 Å². The van der Waals surface area contributed by atoms with Crippen molar-refractivity contribution in [3.8, 4) is 0 Å². The first-order chi connectivity index (χ1) is 10.3. The standard InChI is InChI=1S/C13H25N5O4/c1-6(2)9(22-4)8(19)12(21)18-5-17(3)7-10(18)15-13(14)16-11(7)20/h6,8-9,11-12,19-21H,5H2,1-4H3,(H3,14,15,16)/t8?,9?,11?,12-/m0/s1. The molecule has 9 heteroatoms. The van der Waals surface area contributed by atoms with E-state index in [-0.39, 0.29) is 18.5 Å². The molecule has 2 aliphatic heterocycles. The van der Waals surface area contributed by atoms with E-state index in [1.54, 1.807) is 11.9 Å². The number of aliphatic imine (C=N–C) groups is 1. The van der Waals surface area contributed by atoms with Crippen molar-refractivity contribution in [2.45, 2.75) is 38.5 Å². The fourth-order valence-electron chi connectivity index (χ4n) is 2.87. The molecule has 0 aliphatic carbocycles. The zero-order chi connectivity index (χ0) is 16.6. The van der Waals surface area contributed by atoms with E-state index in [1.165, 1.54) is 12.0 Å². The number of aliphatic hydroxyl groups is 3. The minimum atomic E-state index is -1.23. The molecule has 2 rings (SSSR count). The van der Waals surface area contributed by atoms with Crippen LogP contribution in [-0.2, 0) is 4.74 Å². The molecule has 2 aliphatic rings. The Morgan fingerprint density at radius 2 is 2.05 bits per heavy atom. The van der Waals surface area contributed by atoms with Gasteiger partial charge in [0.05, 0.1) is 12.8 Å². The maximum Gasteiger partial charge on any atom is 0.197 e. The number of guanidine groups is 1. The van der Waals surface area contributed by atoms with E-state index in [0.717, 1.165) is 0 Å². The highest BCUT2D eigenvalue weighted by Crippen LogP contribution is 2.30. The summed E-state index contributed by atoms with van der Waals surface area (Å²) in [6, 6.07) is 0. The van der Waals surface area contributed by atoms with Crippen molar-refractivity contribution in [1.29, 1.82) is 0 Å². The van der Waals surface area contributed by atoms with E-state index >= 15 is 0 Å². The molecular formula is C13H25N5O4. The maximum atomic E-state index is 10.5. The summed E-state index contributed by atoms with van der Waals surface area (Å²) in [6.45, 7) is 4.07. The fraction of sp³-hybridized carbons (Fsp3) is 0.769. The van der Waals surface area contributed by atoms with Crippen molar-refractivity contribution in [1.82, 2.24) is 15.1 Å². The number of nitrogens with two attached hydrogens (primary N) is 1. The van der Waals surface area contributed by atoms with Crippen LogP contribution in [0.1, 0.15) is 13.8 Å². The first-order valence-electron chi connectivity index (χ1n) is 7.17. The minimum absolute atomic E-state index is 0.0237. The third-order valence-corrected chi connectivity index (χ3v) is 3.94. The van der Waals surface area contributed by atoms with Gasteiger partial charge in [-0.1, -0.05) is 13.8 Å². The summed E-state index contributed by atoms with van der Waals surface area (Å²) in [5, 5.41) is 33.6. The van der Waals surface area contributed by atoms with Gasteiger partial charge in [-0.05, 0) is 5.92 Å². The molecule has 126 valence electrons. The molecule has 0 aromatic rings. The molecule has 0 amide bonds. The van der Waals surface area contributed by atoms with Crippen LogP contribution in [-0.4, -0.2) is 76.6 Å². The first-order valence-corrected chi connectivity index (χ1v) is 7.17. The molecule has 0 saturated carbocycles. The lowest BCUT2D eigenvalue weighted by molar-refractivity contribution is -0.138. The van der Waals surface area contributed by atoms with Gasteiger partial charge in [-0.2, -0.15) is 4.99 Å². The third-order valence-electron chi connectivity index (χ3n) is 3.94. The number of ether oxygens (including phenoxy) is 1. The fourth-order valence-corrected chi connectivity index (χ4v) is 2.87. The third kappa shape index (κ3) is 2.84. The molecule has 9 nitrogen and oxygen atoms in total. The molecular weight excluding hydrogens is 290 g/mol. The Balaban J connectivity index is 2.26. The predicted molar refractivity (Wildman–Crippen MR) is 79.9 cm³/mol. The van der Waals surface area contributed by atoms with Gasteiger partial charge in [0.25, 0.3) is 0 Å². The van der Waals surface area contributed by atoms with Gasteiger partial charge in [0.15, 0.2) is 24.2 Å². The van der Waals surface area contributed by atoms with Crippen LogP contribution < -0.4 is 11.1 Å². The van der Waals surface area contributed by atoms with Crippen molar-refractivity contribution in [2.75, 3.05) is 20.8 Å². The van der Waals surface area contributed by atoms with Gasteiger partial charge in [0, 0.05) is 14.2 Å². The molecule has 2 heterocycles. The zero-order valence-corrected chi connectivity index (χ0v) is 13.3. The highest BCUT2D eigenvalue weighted by Gasteiger charge is 2.41. The molecule has 0 aromatic carbocycles. The average molecular weight is 315 g/mol. The van der Waals surface area contributed by atoms with Crippen molar-refractivity contribution < 1.29 is 20.1 Å². The molecule has 6 N–H and O–H groups in total. The van der Waals surface area contributed by atoms with Crippen molar-refractivity contribution in [3.63, 3.8) is 0 Å². The van der Waals surface area contributed by atoms with Crippen LogP contribution in [0, 0.1) is 5.92 Å². The summed E-state index contributed by atoms with van der Waals surface area (Å²) in [6.07, 6.45) is -3.90. The Kier molecular flexibility index (Phi) is 4.81. The molecule has 0 radical (unpaired) electrons. The van der Waals surface area contributed by atoms with Gasteiger partial charge in [-0.25, -0.2) is 0 Å². The Morgan fingerprint density at radius 1 is 1.41 bits per heavy atom. The number of hydrogen-bond acceptors (Lipinski definition) is 9. The number of methoxy groups -OCH3 is 1. The highest BCUT2D eigenvalue weighted by atomic mass is 16.5. The topological polar surface area (TPSA) is 127 Å². The van der Waals surface area contributed by atoms with E-state index in [1.807, 2.05) is 13.8 Å². The van der Waals surface area contributed by atoms with Crippen LogP contribution in [0.3, 0.4) is 0 Å². The summed E-state index contributed by atoms with van der Waals surface area (Å²) in [5.74, 6) is 0.424. The molecule has 3 unspecified atom stereocenters. The molecule has 4 atom stereocenters. The Bertz CT molecular complexity index is 481. The van der Waals surface area contributed by atoms with Crippen LogP contribution in [0.2, 0.25) is 0 Å². The van der Waals surface area contributed by atoms with E-state index in [0.29, 0.717) is 11.5 Å². The van der Waals surface area contributed by atoms with E-state index < -0.39 is 24.7 Å². The highest BCUT2D eigenvalue weighted by molar-refractivity contribution is 5.80. The van der Waals surface area contributed by atoms with Crippen LogP contribution in [0.15, 0.2) is 16.5 Å². The molecule has 0 bridgehead atoms. The smallest absolute Gasteiger partial charge is 0.197 e. The molecule has 22 heavy (non-hydrogen) atoms. The predicted octanol–water partition coefficient (Wildman–Crippen LogP) is -2.05. The number of hydrogen-bond donors (Lipinski definition) is 5. The SMILES string of the molecule is COC(C(C)C)C(O)[C@H](O)N1CN(C)C2=C1N=C(N)NC2O. The van der Waals surface area contributed by atoms with Gasteiger partial charge in [-0.15, -0.1) is 0 Å². The van der Waals surface area contributed by atoms with Crippen LogP contribution in [0.25, 0.3) is 0 Å². The summed E-state index contributed by atoms with van der Waals surface area (Å²) in [4.78, 5) is 7.36. The largest absolute Gasteiger partial charge is 0.386 e. The number of nitrogens with one attached hydrogen (secondary N) is 1.